The fraction of sp³-hybridized carbons (Fsp3) is 0.364. The van der Waals surface area contributed by atoms with E-state index < -0.39 is 0 Å². The van der Waals surface area contributed by atoms with Gasteiger partial charge in [0, 0.05) is 42.8 Å². The molecule has 2 amide bonds. The molecule has 1 aliphatic rings. The zero-order chi connectivity index (χ0) is 21.3. The van der Waals surface area contributed by atoms with Gasteiger partial charge in [-0.15, -0.1) is 0 Å². The van der Waals surface area contributed by atoms with Gasteiger partial charge in [0.15, 0.2) is 11.5 Å². The highest BCUT2D eigenvalue weighted by molar-refractivity contribution is 6.31. The number of pyridine rings is 1. The fourth-order valence-electron chi connectivity index (χ4n) is 3.76. The van der Waals surface area contributed by atoms with Crippen LogP contribution < -0.4 is 5.32 Å². The topological polar surface area (TPSA) is 88.3 Å². The van der Waals surface area contributed by atoms with Crippen LogP contribution in [0.2, 0.25) is 5.02 Å². The summed E-state index contributed by atoms with van der Waals surface area (Å²) < 4.78 is 5.90. The average molecular weight is 427 g/mol. The van der Waals surface area contributed by atoms with E-state index in [-0.39, 0.29) is 29.5 Å². The Morgan fingerprint density at radius 2 is 1.90 bits per heavy atom. The number of amides is 2. The Labute approximate surface area is 179 Å². The molecule has 1 N–H and O–H groups in total. The quantitative estimate of drug-likeness (QED) is 0.680. The van der Waals surface area contributed by atoms with Gasteiger partial charge in [-0.05, 0) is 56.0 Å². The number of rotatable bonds is 4. The second-order valence-corrected chi connectivity index (χ2v) is 8.25. The molecule has 0 radical (unpaired) electrons. The van der Waals surface area contributed by atoms with E-state index in [1.54, 1.807) is 32.3 Å². The molecule has 3 aromatic rings. The molecule has 0 saturated heterocycles. The summed E-state index contributed by atoms with van der Waals surface area (Å²) in [7, 11) is 3.31. The largest absolute Gasteiger partial charge is 0.440 e. The minimum atomic E-state index is -0.232. The second-order valence-electron chi connectivity index (χ2n) is 7.82. The number of nitrogens with zero attached hydrogens (tertiary/aromatic N) is 3. The molecule has 0 atom stereocenters. The summed E-state index contributed by atoms with van der Waals surface area (Å²) in [5.41, 5.74) is 2.21. The molecular weight excluding hydrogens is 404 g/mol. The standard InChI is InChI=1S/C22H23ClN4O3/c1-27(2)22(29)18-11-14(9-10-24-18)20(28)25-16-6-3-13(4-7-16)21-26-17-12-15(23)5-8-19(17)30-21/h5,8-13,16H,3-4,6-7H2,1-2H3,(H,25,28). The Balaban J connectivity index is 1.37. The monoisotopic (exact) mass is 426 g/mol. The number of hydrogen-bond donors (Lipinski definition) is 1. The van der Waals surface area contributed by atoms with Gasteiger partial charge in [0.25, 0.3) is 11.8 Å². The van der Waals surface area contributed by atoms with Crippen LogP contribution in [0.5, 0.6) is 0 Å². The van der Waals surface area contributed by atoms with Crippen LogP contribution in [0.3, 0.4) is 0 Å². The van der Waals surface area contributed by atoms with E-state index in [0.717, 1.165) is 42.7 Å². The zero-order valence-corrected chi connectivity index (χ0v) is 17.6. The molecule has 0 unspecified atom stereocenters. The maximum atomic E-state index is 12.7. The Morgan fingerprint density at radius 3 is 2.63 bits per heavy atom. The van der Waals surface area contributed by atoms with Crippen molar-refractivity contribution in [1.29, 1.82) is 0 Å². The van der Waals surface area contributed by atoms with Crippen molar-refractivity contribution < 1.29 is 14.0 Å². The van der Waals surface area contributed by atoms with E-state index in [9.17, 15) is 9.59 Å². The third kappa shape index (κ3) is 4.31. The molecule has 2 heterocycles. The van der Waals surface area contributed by atoms with E-state index in [1.165, 1.54) is 17.2 Å². The van der Waals surface area contributed by atoms with E-state index in [2.05, 4.69) is 15.3 Å². The van der Waals surface area contributed by atoms with Gasteiger partial charge < -0.3 is 14.6 Å². The van der Waals surface area contributed by atoms with Crippen molar-refractivity contribution in [3.8, 4) is 0 Å². The minimum absolute atomic E-state index is 0.0775. The van der Waals surface area contributed by atoms with E-state index in [1.807, 2.05) is 6.07 Å². The summed E-state index contributed by atoms with van der Waals surface area (Å²) in [4.78, 5) is 34.8. The summed E-state index contributed by atoms with van der Waals surface area (Å²) in [5.74, 6) is 0.544. The molecule has 8 heteroatoms. The summed E-state index contributed by atoms with van der Waals surface area (Å²) in [5, 5.41) is 3.72. The van der Waals surface area contributed by atoms with Gasteiger partial charge >= 0.3 is 0 Å². The van der Waals surface area contributed by atoms with Crippen molar-refractivity contribution in [3.63, 3.8) is 0 Å². The molecule has 0 bridgehead atoms. The number of fused-ring (bicyclic) bond motifs is 1. The first-order valence-electron chi connectivity index (χ1n) is 9.95. The third-order valence-corrected chi connectivity index (χ3v) is 5.66. The predicted molar refractivity (Wildman–Crippen MR) is 114 cm³/mol. The highest BCUT2D eigenvalue weighted by Gasteiger charge is 2.27. The van der Waals surface area contributed by atoms with Crippen molar-refractivity contribution in [3.05, 3.63) is 58.7 Å². The van der Waals surface area contributed by atoms with Gasteiger partial charge in [0.05, 0.1) is 0 Å². The van der Waals surface area contributed by atoms with Crippen molar-refractivity contribution >= 4 is 34.5 Å². The first-order chi connectivity index (χ1) is 14.4. The number of hydrogen-bond acceptors (Lipinski definition) is 5. The molecule has 0 spiro atoms. The van der Waals surface area contributed by atoms with E-state index >= 15 is 0 Å². The lowest BCUT2D eigenvalue weighted by Crippen LogP contribution is -2.37. The SMILES string of the molecule is CN(C)C(=O)c1cc(C(=O)NC2CCC(c3nc4cc(Cl)ccc4o3)CC2)ccn1. The molecule has 7 nitrogen and oxygen atoms in total. The summed E-state index contributed by atoms with van der Waals surface area (Å²) in [6.45, 7) is 0. The predicted octanol–water partition coefficient (Wildman–Crippen LogP) is 4.03. The van der Waals surface area contributed by atoms with Crippen molar-refractivity contribution in [2.45, 2.75) is 37.6 Å². The maximum absolute atomic E-state index is 12.7. The first-order valence-corrected chi connectivity index (χ1v) is 10.3. The van der Waals surface area contributed by atoms with Crippen LogP contribution in [0.4, 0.5) is 0 Å². The molecule has 1 aliphatic carbocycles. The summed E-state index contributed by atoms with van der Waals surface area (Å²) in [6.07, 6.45) is 4.93. The summed E-state index contributed by atoms with van der Waals surface area (Å²) in [6, 6.07) is 8.67. The minimum Gasteiger partial charge on any atom is -0.440 e. The molecule has 1 aromatic carbocycles. The van der Waals surface area contributed by atoms with Gasteiger partial charge in [-0.2, -0.15) is 0 Å². The zero-order valence-electron chi connectivity index (χ0n) is 16.9. The molecular formula is C22H23ClN4O3. The van der Waals surface area contributed by atoms with Crippen LogP contribution in [-0.2, 0) is 0 Å². The Hall–Kier alpha value is -2.93. The van der Waals surface area contributed by atoms with Crippen LogP contribution in [-0.4, -0.2) is 46.8 Å². The Bertz CT molecular complexity index is 1090. The maximum Gasteiger partial charge on any atom is 0.271 e. The van der Waals surface area contributed by atoms with Gasteiger partial charge in [-0.25, -0.2) is 4.98 Å². The number of halogens is 1. The normalized spacial score (nSPS) is 18.9. The number of aromatic nitrogens is 2. The van der Waals surface area contributed by atoms with Crippen LogP contribution >= 0.6 is 11.6 Å². The molecule has 30 heavy (non-hydrogen) atoms. The smallest absolute Gasteiger partial charge is 0.271 e. The molecule has 2 aromatic heterocycles. The number of oxazole rings is 1. The van der Waals surface area contributed by atoms with Crippen LogP contribution in [0.25, 0.3) is 11.1 Å². The Morgan fingerprint density at radius 1 is 1.13 bits per heavy atom. The van der Waals surface area contributed by atoms with Crippen LogP contribution in [0.15, 0.2) is 40.9 Å². The van der Waals surface area contributed by atoms with Gasteiger partial charge in [0.1, 0.15) is 11.2 Å². The van der Waals surface area contributed by atoms with Crippen molar-refractivity contribution in [1.82, 2.24) is 20.2 Å². The van der Waals surface area contributed by atoms with Crippen LogP contribution in [0, 0.1) is 0 Å². The molecule has 1 saturated carbocycles. The lowest BCUT2D eigenvalue weighted by atomic mass is 9.86. The highest BCUT2D eigenvalue weighted by atomic mass is 35.5. The number of carbonyl (C=O) groups excluding carboxylic acids is 2. The van der Waals surface area contributed by atoms with Gasteiger partial charge in [0.2, 0.25) is 0 Å². The Kier molecular flexibility index (Phi) is 5.72. The first kappa shape index (κ1) is 20.3. The highest BCUT2D eigenvalue weighted by Crippen LogP contribution is 2.34. The lowest BCUT2D eigenvalue weighted by molar-refractivity contribution is 0.0822. The van der Waals surface area contributed by atoms with Gasteiger partial charge in [-0.3, -0.25) is 14.6 Å². The van der Waals surface area contributed by atoms with Crippen molar-refractivity contribution in [2.75, 3.05) is 14.1 Å². The molecule has 1 fully saturated rings. The second kappa shape index (κ2) is 8.44. The number of benzene rings is 1. The number of nitrogens with one attached hydrogen (secondary N) is 1. The summed E-state index contributed by atoms with van der Waals surface area (Å²) >= 11 is 6.03. The lowest BCUT2D eigenvalue weighted by Gasteiger charge is -2.27. The van der Waals surface area contributed by atoms with E-state index in [4.69, 9.17) is 16.0 Å². The average Bonchev–Trinajstić information content (AvgIpc) is 3.17. The molecule has 0 aliphatic heterocycles. The fourth-order valence-corrected chi connectivity index (χ4v) is 3.93. The molecule has 156 valence electrons. The van der Waals surface area contributed by atoms with Crippen molar-refractivity contribution in [2.24, 2.45) is 0 Å². The van der Waals surface area contributed by atoms with Gasteiger partial charge in [-0.1, -0.05) is 11.6 Å². The number of carbonyl (C=O) groups is 2. The van der Waals surface area contributed by atoms with Crippen LogP contribution in [0.1, 0.15) is 58.3 Å². The molecule has 4 rings (SSSR count). The third-order valence-electron chi connectivity index (χ3n) is 5.43. The van der Waals surface area contributed by atoms with E-state index in [0.29, 0.717) is 10.6 Å².